The second-order valence-corrected chi connectivity index (χ2v) is 9.81. The van der Waals surface area contributed by atoms with Gasteiger partial charge in [-0.25, -0.2) is 9.97 Å². The summed E-state index contributed by atoms with van der Waals surface area (Å²) >= 11 is 1.88. The summed E-state index contributed by atoms with van der Waals surface area (Å²) in [6.07, 6.45) is 6.63. The zero-order valence-corrected chi connectivity index (χ0v) is 17.8. The average Bonchev–Trinajstić information content (AvgIpc) is 3.07. The van der Waals surface area contributed by atoms with Gasteiger partial charge in [-0.15, -0.1) is 11.3 Å². The number of hydrogen-bond donors (Lipinski definition) is 2. The van der Waals surface area contributed by atoms with Gasteiger partial charge in [-0.05, 0) is 36.2 Å². The molecular formula is C21H33N4OS+. The van der Waals surface area contributed by atoms with Gasteiger partial charge in [-0.1, -0.05) is 27.2 Å². The molecule has 0 saturated carbocycles. The van der Waals surface area contributed by atoms with Crippen molar-refractivity contribution in [2.24, 2.45) is 11.3 Å². The highest BCUT2D eigenvalue weighted by Crippen LogP contribution is 2.45. The molecular weight excluding hydrogens is 356 g/mol. The molecule has 0 bridgehead atoms. The predicted molar refractivity (Wildman–Crippen MR) is 112 cm³/mol. The summed E-state index contributed by atoms with van der Waals surface area (Å²) in [6, 6.07) is 0. The van der Waals surface area contributed by atoms with Crippen molar-refractivity contribution in [3.63, 3.8) is 0 Å². The van der Waals surface area contributed by atoms with Crippen molar-refractivity contribution >= 4 is 27.4 Å². The number of hydrogen-bond acceptors (Lipinski definition) is 5. The van der Waals surface area contributed by atoms with Gasteiger partial charge in [0.15, 0.2) is 0 Å². The number of quaternary nitrogens is 1. The Kier molecular flexibility index (Phi) is 5.67. The average molecular weight is 390 g/mol. The molecule has 1 saturated heterocycles. The van der Waals surface area contributed by atoms with E-state index >= 15 is 0 Å². The van der Waals surface area contributed by atoms with Crippen molar-refractivity contribution < 1.29 is 9.64 Å². The van der Waals surface area contributed by atoms with E-state index in [1.807, 2.05) is 11.3 Å². The van der Waals surface area contributed by atoms with E-state index < -0.39 is 0 Å². The first-order valence-corrected chi connectivity index (χ1v) is 11.3. The number of rotatable bonds is 6. The number of thiophene rings is 1. The summed E-state index contributed by atoms with van der Waals surface area (Å²) in [7, 11) is 0. The second-order valence-electron chi connectivity index (χ2n) is 8.73. The Morgan fingerprint density at radius 2 is 2.11 bits per heavy atom. The molecule has 4 rings (SSSR count). The maximum Gasteiger partial charge on any atom is 0.138 e. The monoisotopic (exact) mass is 389 g/mol. The molecule has 2 aromatic rings. The van der Waals surface area contributed by atoms with Crippen LogP contribution in [0, 0.1) is 11.3 Å². The fourth-order valence-electron chi connectivity index (χ4n) is 4.47. The molecule has 6 heteroatoms. The molecule has 3 heterocycles. The molecule has 0 amide bonds. The number of ether oxygens (including phenoxy) is 1. The van der Waals surface area contributed by atoms with Gasteiger partial charge in [-0.3, -0.25) is 0 Å². The van der Waals surface area contributed by atoms with Crippen LogP contribution in [0.1, 0.15) is 44.1 Å². The van der Waals surface area contributed by atoms with Crippen LogP contribution in [0.5, 0.6) is 0 Å². The van der Waals surface area contributed by atoms with Gasteiger partial charge in [0.2, 0.25) is 0 Å². The van der Waals surface area contributed by atoms with E-state index in [1.54, 1.807) is 11.2 Å². The highest BCUT2D eigenvalue weighted by Gasteiger charge is 2.33. The van der Waals surface area contributed by atoms with Crippen LogP contribution >= 0.6 is 11.3 Å². The lowest BCUT2D eigenvalue weighted by atomic mass is 9.69. The number of nitrogens with one attached hydrogen (secondary N) is 2. The van der Waals surface area contributed by atoms with Gasteiger partial charge in [0.1, 0.15) is 30.1 Å². The molecule has 27 heavy (non-hydrogen) atoms. The largest absolute Gasteiger partial charge is 0.370 e. The Morgan fingerprint density at radius 3 is 2.89 bits per heavy atom. The molecule has 2 N–H and O–H groups in total. The van der Waals surface area contributed by atoms with Crippen LogP contribution in [-0.2, 0) is 17.6 Å². The summed E-state index contributed by atoms with van der Waals surface area (Å²) in [5.74, 6) is 1.79. The van der Waals surface area contributed by atoms with E-state index in [9.17, 15) is 0 Å². The molecule has 148 valence electrons. The molecule has 1 fully saturated rings. The normalized spacial score (nSPS) is 21.4. The summed E-state index contributed by atoms with van der Waals surface area (Å²) in [5.41, 5.74) is 1.92. The maximum absolute atomic E-state index is 5.46. The Morgan fingerprint density at radius 1 is 1.30 bits per heavy atom. The molecule has 0 aromatic carbocycles. The summed E-state index contributed by atoms with van der Waals surface area (Å²) in [5, 5.41) is 4.93. The third-order valence-electron chi connectivity index (χ3n) is 6.83. The van der Waals surface area contributed by atoms with Gasteiger partial charge in [0, 0.05) is 4.88 Å². The highest BCUT2D eigenvalue weighted by molar-refractivity contribution is 7.19. The summed E-state index contributed by atoms with van der Waals surface area (Å²) in [6.45, 7) is 13.3. The van der Waals surface area contributed by atoms with Gasteiger partial charge in [0.25, 0.3) is 0 Å². The van der Waals surface area contributed by atoms with E-state index in [1.165, 1.54) is 41.5 Å². The first kappa shape index (κ1) is 19.1. The Hall–Kier alpha value is -1.24. The second kappa shape index (κ2) is 8.02. The van der Waals surface area contributed by atoms with Gasteiger partial charge >= 0.3 is 0 Å². The molecule has 1 aliphatic heterocycles. The molecule has 2 aliphatic rings. The number of aromatic nitrogens is 2. The third kappa shape index (κ3) is 3.98. The van der Waals surface area contributed by atoms with Gasteiger partial charge < -0.3 is 15.0 Å². The predicted octanol–water partition coefficient (Wildman–Crippen LogP) is 2.56. The van der Waals surface area contributed by atoms with E-state index in [-0.39, 0.29) is 0 Å². The standard InChI is InChI=1S/C21H32N4OS/c1-4-21(2,3)15-5-6-17-16(13-15)18-19(23-14-24-20(18)27-17)22-7-8-25-9-11-26-12-10-25/h14-15H,4-13H2,1-3H3,(H,22,23,24)/p+1/t15-/m0/s1. The number of morpholine rings is 1. The quantitative estimate of drug-likeness (QED) is 0.797. The van der Waals surface area contributed by atoms with Gasteiger partial charge in [-0.2, -0.15) is 0 Å². The van der Waals surface area contributed by atoms with Crippen LogP contribution < -0.4 is 10.2 Å². The Bertz CT molecular complexity index is 782. The summed E-state index contributed by atoms with van der Waals surface area (Å²) < 4.78 is 5.46. The fourth-order valence-corrected chi connectivity index (χ4v) is 5.65. The first-order chi connectivity index (χ1) is 13.1. The van der Waals surface area contributed by atoms with Crippen LogP contribution in [0.2, 0.25) is 0 Å². The van der Waals surface area contributed by atoms with Crippen LogP contribution in [0.25, 0.3) is 10.2 Å². The maximum atomic E-state index is 5.46. The Balaban J connectivity index is 1.53. The fraction of sp³-hybridized carbons (Fsp3) is 0.714. The van der Waals surface area contributed by atoms with Crippen molar-refractivity contribution in [3.8, 4) is 0 Å². The van der Waals surface area contributed by atoms with E-state index in [2.05, 4.69) is 36.1 Å². The minimum Gasteiger partial charge on any atom is -0.370 e. The smallest absolute Gasteiger partial charge is 0.138 e. The highest BCUT2D eigenvalue weighted by atomic mass is 32.1. The summed E-state index contributed by atoms with van der Waals surface area (Å²) in [4.78, 5) is 13.5. The molecule has 0 unspecified atom stereocenters. The van der Waals surface area contributed by atoms with Crippen LogP contribution in [-0.4, -0.2) is 49.4 Å². The minimum atomic E-state index is 0.398. The van der Waals surface area contributed by atoms with Crippen molar-refractivity contribution in [3.05, 3.63) is 16.8 Å². The van der Waals surface area contributed by atoms with Crippen LogP contribution in [0.3, 0.4) is 0 Å². The van der Waals surface area contributed by atoms with Crippen LogP contribution in [0.4, 0.5) is 5.82 Å². The lowest BCUT2D eigenvalue weighted by Crippen LogP contribution is -3.14. The molecule has 2 aromatic heterocycles. The molecule has 0 radical (unpaired) electrons. The number of anilines is 1. The molecule has 0 spiro atoms. The van der Waals surface area contributed by atoms with Crippen molar-refractivity contribution in [1.29, 1.82) is 0 Å². The lowest BCUT2D eigenvalue weighted by molar-refractivity contribution is -0.906. The Labute approximate surface area is 166 Å². The topological polar surface area (TPSA) is 51.5 Å². The molecule has 1 aliphatic carbocycles. The third-order valence-corrected chi connectivity index (χ3v) is 8.03. The number of aryl methyl sites for hydroxylation is 1. The molecule has 5 nitrogen and oxygen atoms in total. The molecule has 1 atom stereocenters. The van der Waals surface area contributed by atoms with E-state index in [4.69, 9.17) is 4.74 Å². The van der Waals surface area contributed by atoms with E-state index in [0.717, 1.165) is 56.0 Å². The van der Waals surface area contributed by atoms with Crippen molar-refractivity contribution in [1.82, 2.24) is 9.97 Å². The lowest BCUT2D eigenvalue weighted by Gasteiger charge is -2.36. The zero-order chi connectivity index (χ0) is 18.9. The minimum absolute atomic E-state index is 0.398. The number of nitrogens with zero attached hydrogens (tertiary/aromatic N) is 2. The van der Waals surface area contributed by atoms with Gasteiger partial charge in [0.05, 0.1) is 31.7 Å². The van der Waals surface area contributed by atoms with E-state index in [0.29, 0.717) is 5.41 Å². The first-order valence-electron chi connectivity index (χ1n) is 10.5. The zero-order valence-electron chi connectivity index (χ0n) is 16.9. The SMILES string of the molecule is CCC(C)(C)[C@H]1CCc2sc3ncnc(NCC[NH+]4CCOCC4)c3c2C1. The van der Waals surface area contributed by atoms with Crippen molar-refractivity contribution in [2.45, 2.75) is 46.5 Å². The van der Waals surface area contributed by atoms with Crippen LogP contribution in [0.15, 0.2) is 6.33 Å². The number of fused-ring (bicyclic) bond motifs is 3. The van der Waals surface area contributed by atoms with Crippen molar-refractivity contribution in [2.75, 3.05) is 44.7 Å².